The number of alkyl halides is 3. The van der Waals surface area contributed by atoms with Gasteiger partial charge in [-0.25, -0.2) is 0 Å². The number of benzene rings is 1. The topological polar surface area (TPSA) is 96.5 Å². The third-order valence-corrected chi connectivity index (χ3v) is 5.31. The van der Waals surface area contributed by atoms with Crippen molar-refractivity contribution in [2.45, 2.75) is 31.0 Å². The zero-order valence-corrected chi connectivity index (χ0v) is 16.4. The van der Waals surface area contributed by atoms with E-state index >= 15 is 0 Å². The van der Waals surface area contributed by atoms with Crippen molar-refractivity contribution in [3.8, 4) is 11.5 Å². The van der Waals surface area contributed by atoms with Crippen molar-refractivity contribution in [3.63, 3.8) is 0 Å². The van der Waals surface area contributed by atoms with Crippen molar-refractivity contribution in [1.82, 2.24) is 20.4 Å². The van der Waals surface area contributed by atoms with E-state index in [9.17, 15) is 22.8 Å². The van der Waals surface area contributed by atoms with Crippen LogP contribution in [0.15, 0.2) is 30.3 Å². The molecular formula is C20H21F3N4O4. The summed E-state index contributed by atoms with van der Waals surface area (Å²) in [6.07, 6.45) is -3.94. The molecule has 2 amide bonds. The predicted octanol–water partition coefficient (Wildman–Crippen LogP) is 2.25. The highest BCUT2D eigenvalue weighted by Gasteiger charge is 2.34. The Morgan fingerprint density at radius 1 is 1.19 bits per heavy atom. The number of amides is 2. The Kier molecular flexibility index (Phi) is 5.75. The fourth-order valence-corrected chi connectivity index (χ4v) is 3.69. The molecule has 1 unspecified atom stereocenters. The van der Waals surface area contributed by atoms with Gasteiger partial charge < -0.3 is 19.7 Å². The number of para-hydroxylation sites is 2. The van der Waals surface area contributed by atoms with E-state index in [0.29, 0.717) is 43.1 Å². The van der Waals surface area contributed by atoms with Gasteiger partial charge in [0.2, 0.25) is 6.10 Å². The largest absolute Gasteiger partial charge is 0.485 e. The highest BCUT2D eigenvalue weighted by Crippen LogP contribution is 2.32. The first kappa shape index (κ1) is 21.0. The second-order valence-electron chi connectivity index (χ2n) is 7.47. The van der Waals surface area contributed by atoms with Gasteiger partial charge in [0, 0.05) is 24.7 Å². The molecule has 0 saturated carbocycles. The van der Waals surface area contributed by atoms with Crippen LogP contribution in [0.3, 0.4) is 0 Å². The summed E-state index contributed by atoms with van der Waals surface area (Å²) in [5.74, 6) is 0.132. The van der Waals surface area contributed by atoms with Crippen molar-refractivity contribution in [1.29, 1.82) is 0 Å². The molecule has 31 heavy (non-hydrogen) atoms. The third kappa shape index (κ3) is 4.92. The summed E-state index contributed by atoms with van der Waals surface area (Å²) in [7, 11) is 0. The number of halogens is 3. The van der Waals surface area contributed by atoms with Crippen LogP contribution in [0.25, 0.3) is 0 Å². The summed E-state index contributed by atoms with van der Waals surface area (Å²) in [6, 6.07) is 8.63. The molecule has 166 valence electrons. The minimum Gasteiger partial charge on any atom is -0.485 e. The Morgan fingerprint density at radius 3 is 2.61 bits per heavy atom. The maximum atomic E-state index is 12.8. The summed E-state index contributed by atoms with van der Waals surface area (Å²) in [5.41, 5.74) is 0.569. The number of hydrogen-bond donors (Lipinski definition) is 2. The molecule has 4 rings (SSSR count). The number of nitrogens with zero attached hydrogens (tertiary/aromatic N) is 2. The molecular weight excluding hydrogens is 417 g/mol. The number of carbonyl (C=O) groups is 2. The van der Waals surface area contributed by atoms with Crippen LogP contribution >= 0.6 is 0 Å². The molecule has 11 heteroatoms. The van der Waals surface area contributed by atoms with Gasteiger partial charge in [0.15, 0.2) is 11.5 Å². The maximum Gasteiger partial charge on any atom is 0.405 e. The van der Waals surface area contributed by atoms with E-state index in [2.05, 4.69) is 10.2 Å². The van der Waals surface area contributed by atoms with Gasteiger partial charge in [-0.3, -0.25) is 14.7 Å². The summed E-state index contributed by atoms with van der Waals surface area (Å²) < 4.78 is 48.1. The lowest BCUT2D eigenvalue weighted by molar-refractivity contribution is -0.142. The first-order valence-corrected chi connectivity index (χ1v) is 9.87. The normalized spacial score (nSPS) is 19.2. The predicted molar refractivity (Wildman–Crippen MR) is 102 cm³/mol. The van der Waals surface area contributed by atoms with Gasteiger partial charge in [0.05, 0.1) is 0 Å². The van der Waals surface area contributed by atoms with E-state index in [1.807, 2.05) is 12.1 Å². The molecule has 1 aromatic carbocycles. The van der Waals surface area contributed by atoms with E-state index in [1.54, 1.807) is 22.3 Å². The molecule has 2 aliphatic rings. The minimum absolute atomic E-state index is 0.0185. The van der Waals surface area contributed by atoms with Crippen LogP contribution in [0, 0.1) is 0 Å². The maximum absolute atomic E-state index is 12.8. The summed E-state index contributed by atoms with van der Waals surface area (Å²) in [6.45, 7) is -0.294. The number of aromatic amines is 1. The molecule has 8 nitrogen and oxygen atoms in total. The average Bonchev–Trinajstić information content (AvgIpc) is 3.27. The van der Waals surface area contributed by atoms with Crippen LogP contribution in [0.1, 0.15) is 34.9 Å². The van der Waals surface area contributed by atoms with Crippen LogP contribution in [-0.2, 0) is 4.79 Å². The molecule has 0 spiro atoms. The van der Waals surface area contributed by atoms with Gasteiger partial charge in [0.1, 0.15) is 18.8 Å². The zero-order chi connectivity index (χ0) is 22.0. The number of nitrogens with one attached hydrogen (secondary N) is 2. The quantitative estimate of drug-likeness (QED) is 0.764. The van der Waals surface area contributed by atoms with E-state index in [1.165, 1.54) is 6.07 Å². The number of hydrogen-bond acceptors (Lipinski definition) is 5. The SMILES string of the molecule is O=C(NCC(F)(F)F)c1cc(C2CCN(C(=O)C3COc4ccccc4O3)CC2)[nH]n1. The van der Waals surface area contributed by atoms with Crippen LogP contribution in [0.4, 0.5) is 13.2 Å². The fraction of sp³-hybridized carbons (Fsp3) is 0.450. The van der Waals surface area contributed by atoms with E-state index in [4.69, 9.17) is 9.47 Å². The fourth-order valence-electron chi connectivity index (χ4n) is 3.69. The number of carbonyl (C=O) groups excluding carboxylic acids is 2. The highest BCUT2D eigenvalue weighted by molar-refractivity contribution is 5.92. The zero-order valence-electron chi connectivity index (χ0n) is 16.4. The Hall–Kier alpha value is -3.24. The first-order chi connectivity index (χ1) is 14.8. The standard InChI is InChI=1S/C20H21F3N4O4/c21-20(22,23)11-24-18(28)14-9-13(25-26-14)12-5-7-27(8-6-12)19(29)17-10-30-15-3-1-2-4-16(15)31-17/h1-4,9,12,17H,5-8,10-11H2,(H,24,28)(H,25,26). The summed E-state index contributed by atoms with van der Waals surface area (Å²) in [4.78, 5) is 26.3. The smallest absolute Gasteiger partial charge is 0.405 e. The van der Waals surface area contributed by atoms with Crippen molar-refractivity contribution < 1.29 is 32.2 Å². The van der Waals surface area contributed by atoms with Crippen molar-refractivity contribution in [2.75, 3.05) is 26.2 Å². The van der Waals surface area contributed by atoms with Gasteiger partial charge in [-0.05, 0) is 31.0 Å². The van der Waals surface area contributed by atoms with E-state index in [-0.39, 0.29) is 24.1 Å². The van der Waals surface area contributed by atoms with E-state index in [0.717, 1.165) is 0 Å². The number of fused-ring (bicyclic) bond motifs is 1. The van der Waals surface area contributed by atoms with Gasteiger partial charge in [-0.1, -0.05) is 12.1 Å². The van der Waals surface area contributed by atoms with E-state index < -0.39 is 24.7 Å². The van der Waals surface area contributed by atoms with Crippen LogP contribution in [0.2, 0.25) is 0 Å². The summed E-state index contributed by atoms with van der Waals surface area (Å²) in [5, 5.41) is 8.35. The molecule has 1 saturated heterocycles. The molecule has 0 aliphatic carbocycles. The van der Waals surface area contributed by atoms with Crippen molar-refractivity contribution >= 4 is 11.8 Å². The third-order valence-electron chi connectivity index (χ3n) is 5.31. The molecule has 2 aliphatic heterocycles. The Labute approximate surface area is 175 Å². The van der Waals surface area contributed by atoms with Crippen LogP contribution in [-0.4, -0.2) is 65.4 Å². The summed E-state index contributed by atoms with van der Waals surface area (Å²) >= 11 is 0. The molecule has 2 N–H and O–H groups in total. The number of piperidine rings is 1. The number of aromatic nitrogens is 2. The lowest BCUT2D eigenvalue weighted by Gasteiger charge is -2.35. The van der Waals surface area contributed by atoms with Gasteiger partial charge in [-0.15, -0.1) is 0 Å². The second kappa shape index (κ2) is 8.48. The average molecular weight is 438 g/mol. The Balaban J connectivity index is 1.30. The number of H-pyrrole nitrogens is 1. The van der Waals surface area contributed by atoms with Crippen LogP contribution in [0.5, 0.6) is 11.5 Å². The van der Waals surface area contributed by atoms with Gasteiger partial charge in [0.25, 0.3) is 11.8 Å². The Bertz CT molecular complexity index is 954. The van der Waals surface area contributed by atoms with Crippen molar-refractivity contribution in [3.05, 3.63) is 41.7 Å². The van der Waals surface area contributed by atoms with Crippen LogP contribution < -0.4 is 14.8 Å². The Morgan fingerprint density at radius 2 is 1.90 bits per heavy atom. The molecule has 0 radical (unpaired) electrons. The molecule has 0 bridgehead atoms. The van der Waals surface area contributed by atoms with Gasteiger partial charge in [-0.2, -0.15) is 18.3 Å². The second-order valence-corrected chi connectivity index (χ2v) is 7.47. The highest BCUT2D eigenvalue weighted by atomic mass is 19.4. The molecule has 2 aromatic rings. The lowest BCUT2D eigenvalue weighted by Crippen LogP contribution is -2.48. The van der Waals surface area contributed by atoms with Crippen molar-refractivity contribution in [2.24, 2.45) is 0 Å². The minimum atomic E-state index is -4.48. The van der Waals surface area contributed by atoms with Gasteiger partial charge >= 0.3 is 6.18 Å². The monoisotopic (exact) mass is 438 g/mol. The molecule has 3 heterocycles. The molecule has 1 atom stereocenters. The lowest BCUT2D eigenvalue weighted by atomic mass is 9.93. The number of likely N-dealkylation sites (tertiary alicyclic amines) is 1. The number of rotatable bonds is 4. The number of ether oxygens (including phenoxy) is 2. The molecule has 1 fully saturated rings. The molecule has 1 aromatic heterocycles. The first-order valence-electron chi connectivity index (χ1n) is 9.87.